The normalized spacial score (nSPS) is 22.0. The Hall–Kier alpha value is -2.62. The molecule has 0 atom stereocenters. The maximum absolute atomic E-state index is 12.6. The van der Waals surface area contributed by atoms with E-state index in [1.807, 2.05) is 0 Å². The molecule has 0 aromatic heterocycles. The first-order chi connectivity index (χ1) is 11.8. The quantitative estimate of drug-likeness (QED) is 0.385. The maximum atomic E-state index is 12.6. The summed E-state index contributed by atoms with van der Waals surface area (Å²) in [7, 11) is -4.43. The van der Waals surface area contributed by atoms with Crippen molar-refractivity contribution in [2.45, 2.75) is 11.3 Å². The van der Waals surface area contributed by atoms with Crippen molar-refractivity contribution in [1.82, 2.24) is 5.32 Å². The van der Waals surface area contributed by atoms with Gasteiger partial charge in [-0.3, -0.25) is 14.1 Å². The number of ketones is 2. The average molecular weight is 374 g/mol. The van der Waals surface area contributed by atoms with Gasteiger partial charge >= 0.3 is 0 Å². The molecule has 0 radical (unpaired) electrons. The zero-order valence-corrected chi connectivity index (χ0v) is 14.1. The van der Waals surface area contributed by atoms with E-state index in [1.165, 1.54) is 12.1 Å². The summed E-state index contributed by atoms with van der Waals surface area (Å²) in [6.45, 7) is 0. The lowest BCUT2D eigenvalue weighted by atomic mass is 9.99. The summed E-state index contributed by atoms with van der Waals surface area (Å²) in [6, 6.07) is 3.62. The highest BCUT2D eigenvalue weighted by Crippen LogP contribution is 2.34. The Morgan fingerprint density at radius 1 is 1.04 bits per heavy atom. The number of benzene rings is 1. The van der Waals surface area contributed by atoms with Gasteiger partial charge in [0.05, 0.1) is 10.6 Å². The van der Waals surface area contributed by atoms with Gasteiger partial charge in [-0.25, -0.2) is 0 Å². The molecule has 0 saturated carbocycles. The van der Waals surface area contributed by atoms with Crippen LogP contribution < -0.4 is 10.6 Å². The van der Waals surface area contributed by atoms with E-state index in [2.05, 4.69) is 10.6 Å². The van der Waals surface area contributed by atoms with E-state index in [0.29, 0.717) is 28.2 Å². The first-order valence-electron chi connectivity index (χ1n) is 7.19. The molecule has 1 aromatic carbocycles. The van der Waals surface area contributed by atoms with Crippen LogP contribution in [0.2, 0.25) is 0 Å². The van der Waals surface area contributed by atoms with E-state index in [0.717, 1.165) is 6.07 Å². The fraction of sp³-hybridized carbons (Fsp3) is 0.0625. The number of hydrogen-bond donors (Lipinski definition) is 3. The lowest BCUT2D eigenvalue weighted by Gasteiger charge is -2.06. The number of carbonyl (C=O) groups is 2. The van der Waals surface area contributed by atoms with E-state index in [4.69, 9.17) is 16.8 Å². The number of hydrogen-bond acceptors (Lipinski definition) is 7. The Bertz CT molecular complexity index is 1090. The second kappa shape index (κ2) is 5.19. The molecule has 0 fully saturated rings. The van der Waals surface area contributed by atoms with Crippen LogP contribution in [0.4, 0.5) is 5.69 Å². The molecular weight excluding hydrogens is 364 g/mol. The third-order valence-corrected chi connectivity index (χ3v) is 5.27. The summed E-state index contributed by atoms with van der Waals surface area (Å²) < 4.78 is 31.6. The summed E-state index contributed by atoms with van der Waals surface area (Å²) in [6.07, 6.45) is 3.74. The molecule has 1 aliphatic carbocycles. The number of Topliss-reactive ketones (excluding diaryl/α,β-unsaturated/α-hetero) is 2. The first-order valence-corrected chi connectivity index (χ1v) is 9.04. The second-order valence-corrected chi connectivity index (χ2v) is 7.66. The molecule has 0 spiro atoms. The molecule has 2 heterocycles. The summed E-state index contributed by atoms with van der Waals surface area (Å²) in [5.74, 6) is -0.844. The number of nitrogens with one attached hydrogen (secondary N) is 2. The largest absolute Gasteiger partial charge is 0.350 e. The number of thiocarbonyl (C=S) groups is 1. The summed E-state index contributed by atoms with van der Waals surface area (Å²) in [4.78, 5) is 25.5. The van der Waals surface area contributed by atoms with Crippen molar-refractivity contribution in [1.29, 1.82) is 0 Å². The minimum Gasteiger partial charge on any atom is -0.350 e. The van der Waals surface area contributed by atoms with Crippen LogP contribution in [0.15, 0.2) is 57.9 Å². The van der Waals surface area contributed by atoms with Gasteiger partial charge in [0, 0.05) is 28.1 Å². The molecule has 2 aliphatic heterocycles. The van der Waals surface area contributed by atoms with Crippen molar-refractivity contribution in [2.24, 2.45) is 0 Å². The summed E-state index contributed by atoms with van der Waals surface area (Å²) in [5.41, 5.74) is 1.69. The van der Waals surface area contributed by atoms with Crippen LogP contribution in [0.25, 0.3) is 0 Å². The molecule has 9 heteroatoms. The van der Waals surface area contributed by atoms with Crippen molar-refractivity contribution in [3.05, 3.63) is 58.6 Å². The van der Waals surface area contributed by atoms with Crippen LogP contribution in [0.1, 0.15) is 16.8 Å². The van der Waals surface area contributed by atoms with Crippen LogP contribution in [-0.4, -0.2) is 29.4 Å². The SMILES string of the molecule is O=C1C2=C(C=CC(=S)C2)N/C1=C1/Nc2ccc(S(=O)(=O)O)cc2C1=O. The van der Waals surface area contributed by atoms with Crippen LogP contribution in [0.5, 0.6) is 0 Å². The van der Waals surface area contributed by atoms with Crippen LogP contribution in [0.3, 0.4) is 0 Å². The van der Waals surface area contributed by atoms with Crippen LogP contribution >= 0.6 is 12.2 Å². The predicted molar refractivity (Wildman–Crippen MR) is 92.8 cm³/mol. The molecule has 25 heavy (non-hydrogen) atoms. The molecule has 0 bridgehead atoms. The zero-order chi connectivity index (χ0) is 17.9. The van der Waals surface area contributed by atoms with Crippen LogP contribution in [-0.2, 0) is 14.9 Å². The van der Waals surface area contributed by atoms with Crippen molar-refractivity contribution in [3.63, 3.8) is 0 Å². The Balaban J connectivity index is 1.76. The number of fused-ring (bicyclic) bond motifs is 1. The molecule has 4 rings (SSSR count). The van der Waals surface area contributed by atoms with Gasteiger partial charge < -0.3 is 10.6 Å². The van der Waals surface area contributed by atoms with E-state index in [1.54, 1.807) is 12.2 Å². The van der Waals surface area contributed by atoms with Gasteiger partial charge in [-0.15, -0.1) is 0 Å². The third kappa shape index (κ3) is 2.44. The lowest BCUT2D eigenvalue weighted by molar-refractivity contribution is -0.112. The smallest absolute Gasteiger partial charge is 0.294 e. The molecule has 0 amide bonds. The Kier molecular flexibility index (Phi) is 3.29. The number of carbonyl (C=O) groups excluding carboxylic acids is 2. The standard InChI is InChI=1S/C16H10N2O5S2/c19-15-9-5-7(24)1-3-11(9)17-13(15)14-16(20)10-6-8(25(21,22)23)2-4-12(10)18-14/h1-4,6,17-18H,5H2,(H,21,22,23)/b14-13+. The molecule has 0 saturated heterocycles. The number of rotatable bonds is 1. The topological polar surface area (TPSA) is 113 Å². The monoisotopic (exact) mass is 374 g/mol. The van der Waals surface area contributed by atoms with E-state index < -0.39 is 15.9 Å². The van der Waals surface area contributed by atoms with Gasteiger partial charge in [-0.2, -0.15) is 8.42 Å². The first kappa shape index (κ1) is 15.9. The van der Waals surface area contributed by atoms with Gasteiger partial charge in [0.25, 0.3) is 10.1 Å². The summed E-state index contributed by atoms with van der Waals surface area (Å²) >= 11 is 5.11. The van der Waals surface area contributed by atoms with Gasteiger partial charge in [-0.1, -0.05) is 12.2 Å². The van der Waals surface area contributed by atoms with E-state index in [-0.39, 0.29) is 27.6 Å². The molecule has 3 aliphatic rings. The van der Waals surface area contributed by atoms with Gasteiger partial charge in [-0.05, 0) is 30.4 Å². The maximum Gasteiger partial charge on any atom is 0.294 e. The Morgan fingerprint density at radius 3 is 2.48 bits per heavy atom. The highest BCUT2D eigenvalue weighted by atomic mass is 32.2. The van der Waals surface area contributed by atoms with Crippen molar-refractivity contribution < 1.29 is 22.6 Å². The zero-order valence-electron chi connectivity index (χ0n) is 12.5. The molecule has 7 nitrogen and oxygen atoms in total. The van der Waals surface area contributed by atoms with E-state index >= 15 is 0 Å². The van der Waals surface area contributed by atoms with Gasteiger partial charge in [0.2, 0.25) is 11.6 Å². The Labute approximate surface area is 147 Å². The lowest BCUT2D eigenvalue weighted by Crippen LogP contribution is -2.18. The minimum atomic E-state index is -4.43. The molecule has 1 aromatic rings. The molecule has 3 N–H and O–H groups in total. The molecular formula is C16H10N2O5S2. The highest BCUT2D eigenvalue weighted by Gasteiger charge is 2.36. The van der Waals surface area contributed by atoms with Gasteiger partial charge in [0.15, 0.2) is 0 Å². The Morgan fingerprint density at radius 2 is 1.76 bits per heavy atom. The second-order valence-electron chi connectivity index (χ2n) is 5.71. The summed E-state index contributed by atoms with van der Waals surface area (Å²) in [5, 5.41) is 5.77. The average Bonchev–Trinajstić information content (AvgIpc) is 3.04. The number of allylic oxidation sites excluding steroid dienone is 4. The van der Waals surface area contributed by atoms with E-state index in [9.17, 15) is 18.0 Å². The molecule has 0 unspecified atom stereocenters. The van der Waals surface area contributed by atoms with Crippen molar-refractivity contribution >= 4 is 44.5 Å². The molecule has 126 valence electrons. The highest BCUT2D eigenvalue weighted by molar-refractivity contribution is 7.85. The minimum absolute atomic E-state index is 0.0428. The number of anilines is 1. The van der Waals surface area contributed by atoms with Gasteiger partial charge in [0.1, 0.15) is 11.4 Å². The fourth-order valence-corrected chi connectivity index (χ4v) is 3.65. The van der Waals surface area contributed by atoms with Crippen LogP contribution in [0, 0.1) is 0 Å². The van der Waals surface area contributed by atoms with Crippen molar-refractivity contribution in [3.8, 4) is 0 Å². The third-order valence-electron chi connectivity index (χ3n) is 4.14. The van der Waals surface area contributed by atoms with Crippen molar-refractivity contribution in [2.75, 3.05) is 5.32 Å². The fourth-order valence-electron chi connectivity index (χ4n) is 2.93. The predicted octanol–water partition coefficient (Wildman–Crippen LogP) is 1.51.